The number of nitrogens with zero attached hydrogens (tertiary/aromatic N) is 3. The fourth-order valence-electron chi connectivity index (χ4n) is 7.67. The summed E-state index contributed by atoms with van der Waals surface area (Å²) in [4.78, 5) is 5.07. The minimum absolute atomic E-state index is 0.117. The van der Waals surface area contributed by atoms with Gasteiger partial charge >= 0.3 is 0 Å². The summed E-state index contributed by atoms with van der Waals surface area (Å²) in [5.41, 5.74) is 10.4. The predicted molar refractivity (Wildman–Crippen MR) is 206 cm³/mol. The first-order valence-electron chi connectivity index (χ1n) is 17.1. The molecule has 5 heteroatoms. The topological polar surface area (TPSA) is 46.3 Å². The number of nitrogens with one attached hydrogen (secondary N) is 2. The number of hydrogen-bond donors (Lipinski definition) is 2. The van der Waals surface area contributed by atoms with E-state index < -0.39 is 0 Å². The number of rotatable bonds is 5. The minimum atomic E-state index is -0.168. The normalized spacial score (nSPS) is 16.2. The molecule has 238 valence electrons. The molecule has 0 fully saturated rings. The van der Waals surface area contributed by atoms with Crippen LogP contribution >= 0.6 is 0 Å². The summed E-state index contributed by atoms with van der Waals surface area (Å²) in [5, 5.41) is 12.4. The Balaban J connectivity index is 1.06. The first-order chi connectivity index (χ1) is 24.8. The Morgan fingerprint density at radius 1 is 0.420 bits per heavy atom. The van der Waals surface area contributed by atoms with Crippen LogP contribution in [0.4, 0.5) is 0 Å². The van der Waals surface area contributed by atoms with Gasteiger partial charge in [-0.05, 0) is 59.7 Å². The zero-order chi connectivity index (χ0) is 33.0. The summed E-state index contributed by atoms with van der Waals surface area (Å²) >= 11 is 0. The Labute approximate surface area is 289 Å². The van der Waals surface area contributed by atoms with Crippen LogP contribution in [0.2, 0.25) is 0 Å². The maximum absolute atomic E-state index is 5.07. The molecule has 3 heterocycles. The molecule has 2 N–H and O–H groups in total. The van der Waals surface area contributed by atoms with Crippen molar-refractivity contribution in [2.24, 2.45) is 4.99 Å². The summed E-state index contributed by atoms with van der Waals surface area (Å²) in [6, 6.07) is 62.7. The van der Waals surface area contributed by atoms with E-state index >= 15 is 0 Å². The lowest BCUT2D eigenvalue weighted by Crippen LogP contribution is -2.44. The van der Waals surface area contributed by atoms with Crippen molar-refractivity contribution in [3.63, 3.8) is 0 Å². The zero-order valence-electron chi connectivity index (χ0n) is 27.2. The van der Waals surface area contributed by atoms with Gasteiger partial charge in [0, 0.05) is 38.5 Å². The van der Waals surface area contributed by atoms with Crippen molar-refractivity contribution in [2.45, 2.75) is 12.3 Å². The van der Waals surface area contributed by atoms with Gasteiger partial charge in [0.1, 0.15) is 18.2 Å². The van der Waals surface area contributed by atoms with Crippen LogP contribution in [0, 0.1) is 0 Å². The van der Waals surface area contributed by atoms with Crippen LogP contribution in [-0.4, -0.2) is 15.0 Å². The fraction of sp³-hybridized carbons (Fsp3) is 0.0444. The Morgan fingerprint density at radius 2 is 0.920 bits per heavy atom. The van der Waals surface area contributed by atoms with E-state index in [1.165, 1.54) is 43.6 Å². The maximum atomic E-state index is 5.07. The first kappa shape index (κ1) is 28.6. The van der Waals surface area contributed by atoms with E-state index in [4.69, 9.17) is 4.99 Å². The summed E-state index contributed by atoms with van der Waals surface area (Å²) in [5.74, 6) is 0.883. The molecule has 9 aromatic rings. The van der Waals surface area contributed by atoms with Crippen LogP contribution < -0.4 is 10.6 Å². The highest BCUT2D eigenvalue weighted by Gasteiger charge is 2.25. The molecule has 0 aliphatic carbocycles. The van der Waals surface area contributed by atoms with E-state index in [9.17, 15) is 0 Å². The monoisotopic (exact) mass is 643 g/mol. The largest absolute Gasteiger partial charge is 0.350 e. The second-order valence-corrected chi connectivity index (χ2v) is 12.9. The van der Waals surface area contributed by atoms with Gasteiger partial charge in [-0.1, -0.05) is 127 Å². The molecule has 0 saturated carbocycles. The number of aromatic nitrogens is 2. The van der Waals surface area contributed by atoms with Crippen molar-refractivity contribution in [3.05, 3.63) is 193 Å². The number of aliphatic imine (C=N–C) groups is 1. The van der Waals surface area contributed by atoms with E-state index in [1.807, 2.05) is 12.1 Å². The molecule has 7 aromatic carbocycles. The predicted octanol–water partition coefficient (Wildman–Crippen LogP) is 10.2. The Morgan fingerprint density at radius 3 is 1.56 bits per heavy atom. The van der Waals surface area contributed by atoms with Crippen LogP contribution in [-0.2, 0) is 0 Å². The van der Waals surface area contributed by atoms with Gasteiger partial charge in [-0.3, -0.25) is 5.32 Å². The minimum Gasteiger partial charge on any atom is -0.350 e. The molecular formula is C45H33N5. The third-order valence-electron chi connectivity index (χ3n) is 10.0. The van der Waals surface area contributed by atoms with Crippen LogP contribution in [0.15, 0.2) is 181 Å². The summed E-state index contributed by atoms with van der Waals surface area (Å²) in [7, 11) is 0. The van der Waals surface area contributed by atoms with Gasteiger partial charge in [0.25, 0.3) is 0 Å². The van der Waals surface area contributed by atoms with Gasteiger partial charge in [-0.2, -0.15) is 0 Å². The van der Waals surface area contributed by atoms with E-state index in [0.717, 1.165) is 33.9 Å². The van der Waals surface area contributed by atoms with Gasteiger partial charge in [-0.15, -0.1) is 0 Å². The number of fused-ring (bicyclic) bond motifs is 6. The molecule has 5 nitrogen and oxygen atoms in total. The maximum Gasteiger partial charge on any atom is 0.131 e. The lowest BCUT2D eigenvalue weighted by atomic mass is 10.1. The molecule has 2 aromatic heterocycles. The molecule has 0 saturated heterocycles. The standard InChI is InChI=1S/C45H33N5/c1-3-13-30(14-4-1)43-46-44(31-15-5-2-6-16-31)48-45(47-43)32-23-25-33(26-24-32)49-41-22-12-9-19-37(41)38-29-34(27-28-42(38)49)50-39-20-10-7-17-35(39)36-18-8-11-21-40(36)50/h1-29,43,45,47H,(H,46,48). The molecule has 0 radical (unpaired) electrons. The van der Waals surface area contributed by atoms with Crippen molar-refractivity contribution in [1.82, 2.24) is 19.8 Å². The van der Waals surface area contributed by atoms with Crippen molar-refractivity contribution >= 4 is 49.4 Å². The van der Waals surface area contributed by atoms with Crippen LogP contribution in [0.1, 0.15) is 29.0 Å². The second kappa shape index (κ2) is 11.6. The number of hydrogen-bond acceptors (Lipinski definition) is 3. The molecule has 0 amide bonds. The Hall–Kier alpha value is -6.43. The van der Waals surface area contributed by atoms with Gasteiger partial charge in [0.15, 0.2) is 0 Å². The SMILES string of the molecule is c1ccc(C2=NC(c3ccccc3)NC(c3ccc(-n4c5ccccc5c5cc(-n6c7ccccc7c7ccccc76)ccc54)cc3)N2)cc1. The van der Waals surface area contributed by atoms with Crippen molar-refractivity contribution in [1.29, 1.82) is 0 Å². The highest BCUT2D eigenvalue weighted by Crippen LogP contribution is 2.37. The summed E-state index contributed by atoms with van der Waals surface area (Å²) in [6.45, 7) is 0. The Kier molecular flexibility index (Phi) is 6.64. The third-order valence-corrected chi connectivity index (χ3v) is 10.0. The van der Waals surface area contributed by atoms with Crippen LogP contribution in [0.3, 0.4) is 0 Å². The Bertz CT molecular complexity index is 2650. The van der Waals surface area contributed by atoms with Gasteiger partial charge < -0.3 is 14.5 Å². The summed E-state index contributed by atoms with van der Waals surface area (Å²) < 4.78 is 4.78. The van der Waals surface area contributed by atoms with E-state index in [0.29, 0.717) is 0 Å². The van der Waals surface area contributed by atoms with Gasteiger partial charge in [-0.25, -0.2) is 4.99 Å². The molecule has 1 aliphatic heterocycles. The molecular weight excluding hydrogens is 611 g/mol. The highest BCUT2D eigenvalue weighted by atomic mass is 15.3. The van der Waals surface area contributed by atoms with Gasteiger partial charge in [0.05, 0.1) is 22.1 Å². The molecule has 0 spiro atoms. The molecule has 10 rings (SSSR count). The molecule has 2 unspecified atom stereocenters. The van der Waals surface area contributed by atoms with Crippen LogP contribution in [0.5, 0.6) is 0 Å². The second-order valence-electron chi connectivity index (χ2n) is 12.9. The summed E-state index contributed by atoms with van der Waals surface area (Å²) in [6.07, 6.45) is -0.285. The molecule has 50 heavy (non-hydrogen) atoms. The molecule has 2 atom stereocenters. The number of amidine groups is 1. The molecule has 0 bridgehead atoms. The van der Waals surface area contributed by atoms with Crippen molar-refractivity contribution in [3.8, 4) is 11.4 Å². The van der Waals surface area contributed by atoms with E-state index in [1.54, 1.807) is 0 Å². The number of benzene rings is 7. The van der Waals surface area contributed by atoms with Gasteiger partial charge in [0.2, 0.25) is 0 Å². The van der Waals surface area contributed by atoms with E-state index in [-0.39, 0.29) is 12.3 Å². The molecule has 1 aliphatic rings. The smallest absolute Gasteiger partial charge is 0.131 e. The average molecular weight is 644 g/mol. The van der Waals surface area contributed by atoms with Crippen molar-refractivity contribution < 1.29 is 0 Å². The van der Waals surface area contributed by atoms with Crippen LogP contribution in [0.25, 0.3) is 55.0 Å². The van der Waals surface area contributed by atoms with E-state index in [2.05, 4.69) is 184 Å². The average Bonchev–Trinajstić information content (AvgIpc) is 3.71. The highest BCUT2D eigenvalue weighted by molar-refractivity contribution is 6.12. The third kappa shape index (κ3) is 4.63. The lowest BCUT2D eigenvalue weighted by molar-refractivity contribution is 0.409. The van der Waals surface area contributed by atoms with Crippen molar-refractivity contribution in [2.75, 3.05) is 0 Å². The quantitative estimate of drug-likeness (QED) is 0.196. The lowest BCUT2D eigenvalue weighted by Gasteiger charge is -2.32. The zero-order valence-corrected chi connectivity index (χ0v) is 27.2. The fourth-order valence-corrected chi connectivity index (χ4v) is 7.67. The first-order valence-corrected chi connectivity index (χ1v) is 17.1. The number of para-hydroxylation sites is 3.